The Hall–Kier alpha value is -2.18. The summed E-state index contributed by atoms with van der Waals surface area (Å²) in [5, 5.41) is 11.2. The third kappa shape index (κ3) is 2.51. The lowest BCUT2D eigenvalue weighted by molar-refractivity contribution is 0.0697. The van der Waals surface area contributed by atoms with Gasteiger partial charge in [0.15, 0.2) is 5.82 Å². The maximum absolute atomic E-state index is 12.6. The molecule has 22 heavy (non-hydrogen) atoms. The average molecular weight is 301 g/mol. The second-order valence-corrected chi connectivity index (χ2v) is 6.24. The summed E-state index contributed by atoms with van der Waals surface area (Å²) < 4.78 is 5.05. The third-order valence-corrected chi connectivity index (χ3v) is 4.45. The molecule has 2 fully saturated rings. The van der Waals surface area contributed by atoms with E-state index in [0.717, 1.165) is 25.1 Å². The Labute approximate surface area is 128 Å². The fraction of sp³-hybridized carbons (Fsp3) is 0.600. The molecule has 1 aliphatic heterocycles. The van der Waals surface area contributed by atoms with Gasteiger partial charge >= 0.3 is 0 Å². The average Bonchev–Trinajstić information content (AvgIpc) is 3.10. The van der Waals surface area contributed by atoms with E-state index >= 15 is 0 Å². The predicted molar refractivity (Wildman–Crippen MR) is 77.5 cm³/mol. The van der Waals surface area contributed by atoms with Crippen molar-refractivity contribution in [3.05, 3.63) is 29.2 Å². The second-order valence-electron chi connectivity index (χ2n) is 6.24. The molecular weight excluding hydrogens is 282 g/mol. The number of hydrogen-bond donors (Lipinski definition) is 1. The van der Waals surface area contributed by atoms with E-state index in [4.69, 9.17) is 4.52 Å². The smallest absolute Gasteiger partial charge is 0.274 e. The topological polar surface area (TPSA) is 87.9 Å². The first-order chi connectivity index (χ1) is 10.7. The van der Waals surface area contributed by atoms with Crippen molar-refractivity contribution in [1.82, 2.24) is 25.2 Å². The Morgan fingerprint density at radius 3 is 2.95 bits per heavy atom. The number of carbonyl (C=O) groups excluding carboxylic acids is 1. The van der Waals surface area contributed by atoms with Crippen LogP contribution >= 0.6 is 0 Å². The van der Waals surface area contributed by atoms with Crippen molar-refractivity contribution in [2.75, 3.05) is 13.1 Å². The van der Waals surface area contributed by atoms with Crippen molar-refractivity contribution < 1.29 is 9.32 Å². The van der Waals surface area contributed by atoms with Crippen molar-refractivity contribution in [3.63, 3.8) is 0 Å². The highest BCUT2D eigenvalue weighted by atomic mass is 16.5. The normalized spacial score (nSPS) is 22.0. The van der Waals surface area contributed by atoms with Crippen LogP contribution in [-0.2, 0) is 0 Å². The van der Waals surface area contributed by atoms with Crippen molar-refractivity contribution >= 4 is 5.91 Å². The summed E-state index contributed by atoms with van der Waals surface area (Å²) in [4.78, 5) is 18.8. The standard InChI is InChI=1S/C15H19N5O2/c1-9-16-14(19-22-9)11-3-2-6-20(8-11)15(21)13-7-12(17-18-13)10-4-5-10/h7,10-11H,2-6,8H2,1H3,(H,17,18). The molecule has 1 amide bonds. The van der Waals surface area contributed by atoms with E-state index in [1.54, 1.807) is 6.92 Å². The summed E-state index contributed by atoms with van der Waals surface area (Å²) in [5.74, 6) is 1.99. The van der Waals surface area contributed by atoms with E-state index in [1.807, 2.05) is 11.0 Å². The van der Waals surface area contributed by atoms with Gasteiger partial charge in [-0.1, -0.05) is 5.16 Å². The molecule has 0 radical (unpaired) electrons. The van der Waals surface area contributed by atoms with Crippen LogP contribution in [0.4, 0.5) is 0 Å². The van der Waals surface area contributed by atoms with Crippen molar-refractivity contribution in [2.45, 2.75) is 44.4 Å². The summed E-state index contributed by atoms with van der Waals surface area (Å²) in [7, 11) is 0. The van der Waals surface area contributed by atoms with E-state index in [-0.39, 0.29) is 11.8 Å². The van der Waals surface area contributed by atoms with E-state index in [1.165, 1.54) is 12.8 Å². The van der Waals surface area contributed by atoms with Gasteiger partial charge in [0.1, 0.15) is 5.69 Å². The minimum Gasteiger partial charge on any atom is -0.340 e. The summed E-state index contributed by atoms with van der Waals surface area (Å²) >= 11 is 0. The molecule has 2 aromatic heterocycles. The van der Waals surface area contributed by atoms with Gasteiger partial charge < -0.3 is 9.42 Å². The van der Waals surface area contributed by atoms with E-state index in [2.05, 4.69) is 20.3 Å². The molecule has 1 saturated carbocycles. The highest BCUT2D eigenvalue weighted by molar-refractivity contribution is 5.92. The van der Waals surface area contributed by atoms with Gasteiger partial charge in [0.25, 0.3) is 5.91 Å². The number of H-pyrrole nitrogens is 1. The molecule has 1 aliphatic carbocycles. The van der Waals surface area contributed by atoms with Crippen LogP contribution < -0.4 is 0 Å². The Morgan fingerprint density at radius 1 is 1.36 bits per heavy atom. The monoisotopic (exact) mass is 301 g/mol. The van der Waals surface area contributed by atoms with Gasteiger partial charge in [-0.3, -0.25) is 9.89 Å². The van der Waals surface area contributed by atoms with Crippen molar-refractivity contribution in [2.24, 2.45) is 0 Å². The molecule has 2 aliphatic rings. The molecule has 116 valence electrons. The van der Waals surface area contributed by atoms with Gasteiger partial charge in [0.05, 0.1) is 0 Å². The molecule has 1 saturated heterocycles. The number of aromatic nitrogens is 4. The van der Waals surface area contributed by atoms with Crippen LogP contribution in [0, 0.1) is 6.92 Å². The number of nitrogens with one attached hydrogen (secondary N) is 1. The summed E-state index contributed by atoms with van der Waals surface area (Å²) in [6.45, 7) is 3.17. The molecule has 0 spiro atoms. The largest absolute Gasteiger partial charge is 0.340 e. The number of aromatic amines is 1. The molecule has 0 bridgehead atoms. The molecule has 7 nitrogen and oxygen atoms in total. The number of aryl methyl sites for hydroxylation is 1. The van der Waals surface area contributed by atoms with Crippen LogP contribution in [0.25, 0.3) is 0 Å². The first-order valence-electron chi connectivity index (χ1n) is 7.85. The van der Waals surface area contributed by atoms with Gasteiger partial charge in [0, 0.05) is 37.5 Å². The molecule has 2 aromatic rings. The van der Waals surface area contributed by atoms with Gasteiger partial charge in [-0.2, -0.15) is 10.1 Å². The Kier molecular flexibility index (Phi) is 3.20. The zero-order chi connectivity index (χ0) is 15.1. The quantitative estimate of drug-likeness (QED) is 0.936. The van der Waals surface area contributed by atoms with Crippen LogP contribution in [0.1, 0.15) is 65.4 Å². The minimum absolute atomic E-state index is 0.00642. The SMILES string of the molecule is Cc1nc(C2CCCN(C(=O)c3cc(C4CC4)[nH]n3)C2)no1. The van der Waals surface area contributed by atoms with E-state index in [9.17, 15) is 4.79 Å². The maximum Gasteiger partial charge on any atom is 0.274 e. The number of carbonyl (C=O) groups is 1. The van der Waals surface area contributed by atoms with E-state index in [0.29, 0.717) is 29.9 Å². The number of amides is 1. The molecular formula is C15H19N5O2. The molecule has 7 heteroatoms. The van der Waals surface area contributed by atoms with Crippen molar-refractivity contribution in [1.29, 1.82) is 0 Å². The van der Waals surface area contributed by atoms with Crippen LogP contribution in [-0.4, -0.2) is 44.2 Å². The number of likely N-dealkylation sites (tertiary alicyclic amines) is 1. The number of rotatable bonds is 3. The summed E-state index contributed by atoms with van der Waals surface area (Å²) in [6.07, 6.45) is 4.32. The molecule has 0 aromatic carbocycles. The van der Waals surface area contributed by atoms with Gasteiger partial charge in [0.2, 0.25) is 5.89 Å². The molecule has 1 atom stereocenters. The molecule has 3 heterocycles. The number of hydrogen-bond acceptors (Lipinski definition) is 5. The molecule has 1 N–H and O–H groups in total. The van der Waals surface area contributed by atoms with Crippen LogP contribution in [0.2, 0.25) is 0 Å². The lowest BCUT2D eigenvalue weighted by atomic mass is 9.97. The summed E-state index contributed by atoms with van der Waals surface area (Å²) in [5.41, 5.74) is 1.61. The Morgan fingerprint density at radius 2 is 2.23 bits per heavy atom. The maximum atomic E-state index is 12.6. The lowest BCUT2D eigenvalue weighted by Crippen LogP contribution is -2.39. The van der Waals surface area contributed by atoms with E-state index < -0.39 is 0 Å². The predicted octanol–water partition coefficient (Wildman–Crippen LogP) is 2.00. The van der Waals surface area contributed by atoms with Crippen LogP contribution in [0.5, 0.6) is 0 Å². The van der Waals surface area contributed by atoms with Crippen molar-refractivity contribution in [3.8, 4) is 0 Å². The number of nitrogens with zero attached hydrogens (tertiary/aromatic N) is 4. The minimum atomic E-state index is -0.00642. The van der Waals surface area contributed by atoms with Gasteiger partial charge in [-0.15, -0.1) is 0 Å². The van der Waals surface area contributed by atoms with Gasteiger partial charge in [-0.25, -0.2) is 0 Å². The Balaban J connectivity index is 1.47. The number of piperidine rings is 1. The first kappa shape index (κ1) is 13.5. The highest BCUT2D eigenvalue weighted by Crippen LogP contribution is 2.39. The fourth-order valence-electron chi connectivity index (χ4n) is 3.06. The highest BCUT2D eigenvalue weighted by Gasteiger charge is 2.31. The fourth-order valence-corrected chi connectivity index (χ4v) is 3.06. The zero-order valence-electron chi connectivity index (χ0n) is 12.6. The molecule has 4 rings (SSSR count). The lowest BCUT2D eigenvalue weighted by Gasteiger charge is -2.30. The summed E-state index contributed by atoms with van der Waals surface area (Å²) in [6, 6.07) is 1.90. The third-order valence-electron chi connectivity index (χ3n) is 4.45. The zero-order valence-corrected chi connectivity index (χ0v) is 12.6. The Bertz CT molecular complexity index is 688. The molecule has 1 unspecified atom stereocenters. The van der Waals surface area contributed by atoms with Crippen LogP contribution in [0.15, 0.2) is 10.6 Å². The first-order valence-corrected chi connectivity index (χ1v) is 7.85. The van der Waals surface area contributed by atoms with Gasteiger partial charge in [-0.05, 0) is 31.7 Å². The second kappa shape index (κ2) is 5.23. The van der Waals surface area contributed by atoms with Crippen LogP contribution in [0.3, 0.4) is 0 Å².